The van der Waals surface area contributed by atoms with Gasteiger partial charge in [-0.1, -0.05) is 38.1 Å². The summed E-state index contributed by atoms with van der Waals surface area (Å²) < 4.78 is 0. The fraction of sp³-hybridized carbons (Fsp3) is 0.571. The zero-order chi connectivity index (χ0) is 12.0. The van der Waals surface area contributed by atoms with Crippen molar-refractivity contribution in [1.29, 1.82) is 0 Å². The van der Waals surface area contributed by atoms with Gasteiger partial charge in [0.05, 0.1) is 0 Å². The van der Waals surface area contributed by atoms with E-state index in [0.29, 0.717) is 5.92 Å². The molecule has 0 amide bonds. The van der Waals surface area contributed by atoms with E-state index >= 15 is 0 Å². The molecule has 16 heavy (non-hydrogen) atoms. The van der Waals surface area contributed by atoms with Crippen LogP contribution in [0.5, 0.6) is 0 Å². The Hall–Kier alpha value is -0.860. The minimum atomic E-state index is 0.621. The predicted molar refractivity (Wildman–Crippen MR) is 70.8 cm³/mol. The standard InChI is InChI=1S/C14H24N2/c1-12(2)14-7-5-13(6-8-14)11-16(4)10-9-15-3/h5-8,12,15H,9-11H2,1-4H3. The second-order valence-corrected chi connectivity index (χ2v) is 4.74. The van der Waals surface area contributed by atoms with Gasteiger partial charge in [-0.25, -0.2) is 0 Å². The number of nitrogens with one attached hydrogen (secondary N) is 1. The second kappa shape index (κ2) is 6.66. The lowest BCUT2D eigenvalue weighted by Crippen LogP contribution is -2.26. The molecule has 0 saturated carbocycles. The minimum Gasteiger partial charge on any atom is -0.318 e. The Bertz CT molecular complexity index is 290. The van der Waals surface area contributed by atoms with Gasteiger partial charge in [0.15, 0.2) is 0 Å². The number of likely N-dealkylation sites (N-methyl/N-ethyl adjacent to an activating group) is 2. The number of benzene rings is 1. The van der Waals surface area contributed by atoms with Crippen molar-refractivity contribution in [2.75, 3.05) is 27.2 Å². The molecule has 1 rings (SSSR count). The fourth-order valence-corrected chi connectivity index (χ4v) is 1.70. The fourth-order valence-electron chi connectivity index (χ4n) is 1.70. The van der Waals surface area contributed by atoms with Crippen LogP contribution in [-0.4, -0.2) is 32.1 Å². The van der Waals surface area contributed by atoms with Gasteiger partial charge in [-0.15, -0.1) is 0 Å². The van der Waals surface area contributed by atoms with E-state index in [1.807, 2.05) is 7.05 Å². The van der Waals surface area contributed by atoms with Gasteiger partial charge in [-0.3, -0.25) is 0 Å². The summed E-state index contributed by atoms with van der Waals surface area (Å²) in [7, 11) is 4.15. The molecule has 2 heteroatoms. The topological polar surface area (TPSA) is 15.3 Å². The van der Waals surface area contributed by atoms with Crippen molar-refractivity contribution in [2.24, 2.45) is 0 Å². The lowest BCUT2D eigenvalue weighted by molar-refractivity contribution is 0.328. The summed E-state index contributed by atoms with van der Waals surface area (Å²) in [6.07, 6.45) is 0. The van der Waals surface area contributed by atoms with Crippen molar-refractivity contribution in [1.82, 2.24) is 10.2 Å². The van der Waals surface area contributed by atoms with Crippen LogP contribution in [0.4, 0.5) is 0 Å². The third kappa shape index (κ3) is 4.33. The largest absolute Gasteiger partial charge is 0.318 e. The van der Waals surface area contributed by atoms with Crippen LogP contribution < -0.4 is 5.32 Å². The summed E-state index contributed by atoms with van der Waals surface area (Å²) in [4.78, 5) is 2.33. The average molecular weight is 220 g/mol. The number of hydrogen-bond donors (Lipinski definition) is 1. The Kier molecular flexibility index (Phi) is 5.50. The number of nitrogens with zero attached hydrogens (tertiary/aromatic N) is 1. The molecule has 0 unspecified atom stereocenters. The molecule has 1 aromatic carbocycles. The summed E-state index contributed by atoms with van der Waals surface area (Å²) in [5, 5.41) is 3.17. The minimum absolute atomic E-state index is 0.621. The van der Waals surface area contributed by atoms with E-state index in [1.54, 1.807) is 0 Å². The van der Waals surface area contributed by atoms with E-state index in [-0.39, 0.29) is 0 Å². The molecule has 0 aromatic heterocycles. The monoisotopic (exact) mass is 220 g/mol. The Morgan fingerprint density at radius 1 is 1.19 bits per heavy atom. The lowest BCUT2D eigenvalue weighted by Gasteiger charge is -2.16. The van der Waals surface area contributed by atoms with Crippen molar-refractivity contribution in [3.8, 4) is 0 Å². The van der Waals surface area contributed by atoms with Crippen molar-refractivity contribution >= 4 is 0 Å². The number of rotatable bonds is 6. The molecule has 0 heterocycles. The van der Waals surface area contributed by atoms with E-state index < -0.39 is 0 Å². The lowest BCUT2D eigenvalue weighted by atomic mass is 10.0. The molecule has 0 saturated heterocycles. The van der Waals surface area contributed by atoms with Gasteiger partial charge in [-0.05, 0) is 31.1 Å². The third-order valence-electron chi connectivity index (χ3n) is 2.84. The van der Waals surface area contributed by atoms with E-state index in [0.717, 1.165) is 19.6 Å². The zero-order valence-corrected chi connectivity index (χ0v) is 11.0. The molecule has 0 radical (unpaired) electrons. The van der Waals surface area contributed by atoms with Crippen LogP contribution >= 0.6 is 0 Å². The molecule has 0 aliphatic rings. The van der Waals surface area contributed by atoms with Crippen LogP contribution in [0, 0.1) is 0 Å². The van der Waals surface area contributed by atoms with Gasteiger partial charge in [0.1, 0.15) is 0 Å². The molecule has 0 spiro atoms. The molecular formula is C14H24N2. The summed E-state index contributed by atoms with van der Waals surface area (Å²) in [5.74, 6) is 0.621. The molecule has 0 aliphatic heterocycles. The second-order valence-electron chi connectivity index (χ2n) is 4.74. The van der Waals surface area contributed by atoms with Crippen molar-refractivity contribution < 1.29 is 0 Å². The molecule has 2 nitrogen and oxygen atoms in total. The van der Waals surface area contributed by atoms with E-state index in [4.69, 9.17) is 0 Å². The molecule has 0 fully saturated rings. The smallest absolute Gasteiger partial charge is 0.0231 e. The van der Waals surface area contributed by atoms with E-state index in [1.165, 1.54) is 11.1 Å². The molecule has 0 atom stereocenters. The van der Waals surface area contributed by atoms with Crippen molar-refractivity contribution in [3.63, 3.8) is 0 Å². The first-order valence-corrected chi connectivity index (χ1v) is 6.05. The van der Waals surface area contributed by atoms with Gasteiger partial charge in [0.2, 0.25) is 0 Å². The molecule has 0 bridgehead atoms. The third-order valence-corrected chi connectivity index (χ3v) is 2.84. The highest BCUT2D eigenvalue weighted by Gasteiger charge is 2.01. The van der Waals surface area contributed by atoms with Gasteiger partial charge < -0.3 is 10.2 Å². The summed E-state index contributed by atoms with van der Waals surface area (Å²) in [6.45, 7) is 7.62. The van der Waals surface area contributed by atoms with Gasteiger partial charge in [0.25, 0.3) is 0 Å². The summed E-state index contributed by atoms with van der Waals surface area (Å²) in [5.41, 5.74) is 2.81. The van der Waals surface area contributed by atoms with Crippen LogP contribution in [0.25, 0.3) is 0 Å². The molecule has 0 aliphatic carbocycles. The predicted octanol–water partition coefficient (Wildman–Crippen LogP) is 2.46. The molecule has 1 N–H and O–H groups in total. The maximum absolute atomic E-state index is 3.17. The Morgan fingerprint density at radius 3 is 2.31 bits per heavy atom. The quantitative estimate of drug-likeness (QED) is 0.792. The Balaban J connectivity index is 2.48. The summed E-state index contributed by atoms with van der Waals surface area (Å²) >= 11 is 0. The van der Waals surface area contributed by atoms with Crippen molar-refractivity contribution in [3.05, 3.63) is 35.4 Å². The Labute approximate surface area is 99.7 Å². The first kappa shape index (κ1) is 13.2. The van der Waals surface area contributed by atoms with Crippen LogP contribution in [0.15, 0.2) is 24.3 Å². The first-order chi connectivity index (χ1) is 7.63. The highest BCUT2D eigenvalue weighted by Crippen LogP contribution is 2.15. The average Bonchev–Trinajstić information content (AvgIpc) is 2.27. The maximum Gasteiger partial charge on any atom is 0.0231 e. The van der Waals surface area contributed by atoms with Crippen LogP contribution in [0.3, 0.4) is 0 Å². The normalized spacial score (nSPS) is 11.4. The highest BCUT2D eigenvalue weighted by atomic mass is 15.1. The zero-order valence-electron chi connectivity index (χ0n) is 11.0. The van der Waals surface area contributed by atoms with Crippen LogP contribution in [0.2, 0.25) is 0 Å². The van der Waals surface area contributed by atoms with Crippen LogP contribution in [0.1, 0.15) is 30.9 Å². The first-order valence-electron chi connectivity index (χ1n) is 6.05. The van der Waals surface area contributed by atoms with Gasteiger partial charge >= 0.3 is 0 Å². The van der Waals surface area contributed by atoms with Crippen molar-refractivity contribution in [2.45, 2.75) is 26.3 Å². The maximum atomic E-state index is 3.17. The number of hydrogen-bond acceptors (Lipinski definition) is 2. The Morgan fingerprint density at radius 2 is 1.81 bits per heavy atom. The summed E-state index contributed by atoms with van der Waals surface area (Å²) in [6, 6.07) is 8.97. The van der Waals surface area contributed by atoms with E-state index in [2.05, 4.69) is 55.4 Å². The van der Waals surface area contributed by atoms with Crippen LogP contribution in [-0.2, 0) is 6.54 Å². The highest BCUT2D eigenvalue weighted by molar-refractivity contribution is 5.24. The SMILES string of the molecule is CNCCN(C)Cc1ccc(C(C)C)cc1. The van der Waals surface area contributed by atoms with Gasteiger partial charge in [0, 0.05) is 19.6 Å². The van der Waals surface area contributed by atoms with E-state index in [9.17, 15) is 0 Å². The molecule has 90 valence electrons. The molecular weight excluding hydrogens is 196 g/mol. The molecule has 1 aromatic rings. The van der Waals surface area contributed by atoms with Gasteiger partial charge in [-0.2, -0.15) is 0 Å².